The molecular weight excluding hydrogens is 275 g/mol. The summed E-state index contributed by atoms with van der Waals surface area (Å²) in [7, 11) is 0. The molecule has 8 nitrogen and oxygen atoms in total. The highest BCUT2D eigenvalue weighted by molar-refractivity contribution is 5.95. The average molecular weight is 288 g/mol. The van der Waals surface area contributed by atoms with Crippen molar-refractivity contribution in [3.63, 3.8) is 0 Å². The third kappa shape index (κ3) is 3.26. The Labute approximate surface area is 112 Å². The van der Waals surface area contributed by atoms with E-state index < -0.39 is 53.3 Å². The molecule has 0 unspecified atom stereocenters. The Bertz CT molecular complexity index is 509. The maximum atomic E-state index is 13.6. The largest absolute Gasteiger partial charge is 0.394 e. The molecule has 1 amide bonds. The van der Waals surface area contributed by atoms with E-state index in [1.165, 1.54) is 0 Å². The summed E-state index contributed by atoms with van der Waals surface area (Å²) in [5, 5.41) is 39.7. The van der Waals surface area contributed by atoms with Crippen molar-refractivity contribution in [2.75, 3.05) is 19.8 Å². The Morgan fingerprint density at radius 1 is 1.30 bits per heavy atom. The van der Waals surface area contributed by atoms with E-state index >= 15 is 0 Å². The molecule has 1 aromatic carbocycles. The number of benzene rings is 1. The van der Waals surface area contributed by atoms with Gasteiger partial charge in [0.25, 0.3) is 11.6 Å². The van der Waals surface area contributed by atoms with Gasteiger partial charge >= 0.3 is 0 Å². The highest BCUT2D eigenvalue weighted by Crippen LogP contribution is 2.17. The maximum absolute atomic E-state index is 13.6. The van der Waals surface area contributed by atoms with Crippen molar-refractivity contribution in [2.24, 2.45) is 0 Å². The fraction of sp³-hybridized carbons (Fsp3) is 0.364. The van der Waals surface area contributed by atoms with E-state index in [0.29, 0.717) is 6.07 Å². The molecule has 0 fully saturated rings. The van der Waals surface area contributed by atoms with Crippen LogP contribution < -0.4 is 5.32 Å². The third-order valence-electron chi connectivity index (χ3n) is 2.69. The fourth-order valence-electron chi connectivity index (χ4n) is 1.38. The first kappa shape index (κ1) is 16.0. The molecule has 0 saturated carbocycles. The first-order valence-corrected chi connectivity index (χ1v) is 5.48. The van der Waals surface area contributed by atoms with Gasteiger partial charge in [-0.1, -0.05) is 0 Å². The van der Waals surface area contributed by atoms with Crippen molar-refractivity contribution in [1.29, 1.82) is 0 Å². The van der Waals surface area contributed by atoms with Crippen LogP contribution in [0.25, 0.3) is 0 Å². The van der Waals surface area contributed by atoms with E-state index in [2.05, 4.69) is 5.32 Å². The lowest BCUT2D eigenvalue weighted by Gasteiger charge is -2.28. The average Bonchev–Trinajstić information content (AvgIpc) is 2.44. The number of nitrogens with zero attached hydrogens (tertiary/aromatic N) is 1. The van der Waals surface area contributed by atoms with E-state index in [1.807, 2.05) is 0 Å². The van der Waals surface area contributed by atoms with Gasteiger partial charge in [0.2, 0.25) is 0 Å². The Hall–Kier alpha value is -2.10. The molecule has 0 aliphatic carbocycles. The van der Waals surface area contributed by atoms with Crippen LogP contribution in [0, 0.1) is 15.9 Å². The number of non-ortho nitro benzene ring substituents is 1. The van der Waals surface area contributed by atoms with Gasteiger partial charge in [0.15, 0.2) is 0 Å². The number of nitrogens with one attached hydrogen (secondary N) is 1. The van der Waals surface area contributed by atoms with Crippen LogP contribution in [0.2, 0.25) is 0 Å². The lowest BCUT2D eigenvalue weighted by molar-refractivity contribution is -0.385. The molecule has 0 aromatic heterocycles. The number of hydrogen-bond donors (Lipinski definition) is 4. The summed E-state index contributed by atoms with van der Waals surface area (Å²) in [6.07, 6.45) is 0. The number of aliphatic hydroxyl groups excluding tert-OH is 3. The minimum Gasteiger partial charge on any atom is -0.394 e. The first-order chi connectivity index (χ1) is 9.39. The van der Waals surface area contributed by atoms with Crippen molar-refractivity contribution >= 4 is 11.6 Å². The van der Waals surface area contributed by atoms with Crippen LogP contribution >= 0.6 is 0 Å². The summed E-state index contributed by atoms with van der Waals surface area (Å²) >= 11 is 0. The minimum absolute atomic E-state index is 0.504. The maximum Gasteiger partial charge on any atom is 0.272 e. The van der Waals surface area contributed by atoms with Crippen LogP contribution in [0.5, 0.6) is 0 Å². The van der Waals surface area contributed by atoms with Gasteiger partial charge in [0.1, 0.15) is 11.4 Å². The highest BCUT2D eigenvalue weighted by atomic mass is 19.1. The summed E-state index contributed by atoms with van der Waals surface area (Å²) in [4.78, 5) is 21.4. The van der Waals surface area contributed by atoms with Gasteiger partial charge in [-0.3, -0.25) is 14.9 Å². The molecule has 4 N–H and O–H groups in total. The Morgan fingerprint density at radius 2 is 1.85 bits per heavy atom. The molecule has 0 radical (unpaired) electrons. The minimum atomic E-state index is -1.70. The molecule has 0 atom stereocenters. The summed E-state index contributed by atoms with van der Waals surface area (Å²) in [5.74, 6) is -2.14. The van der Waals surface area contributed by atoms with Gasteiger partial charge in [-0.2, -0.15) is 0 Å². The van der Waals surface area contributed by atoms with Gasteiger partial charge in [-0.25, -0.2) is 4.39 Å². The number of nitro benzene ring substituents is 1. The zero-order valence-electron chi connectivity index (χ0n) is 10.2. The van der Waals surface area contributed by atoms with E-state index in [-0.39, 0.29) is 0 Å². The summed E-state index contributed by atoms with van der Waals surface area (Å²) in [6.45, 7) is -2.29. The molecule has 9 heteroatoms. The molecular formula is C11H13FN2O6. The lowest BCUT2D eigenvalue weighted by atomic mass is 10.0. The van der Waals surface area contributed by atoms with Crippen LogP contribution in [0.3, 0.4) is 0 Å². The summed E-state index contributed by atoms with van der Waals surface area (Å²) in [5.41, 5.74) is -2.72. The summed E-state index contributed by atoms with van der Waals surface area (Å²) in [6, 6.07) is 2.42. The number of hydrogen-bond acceptors (Lipinski definition) is 6. The monoisotopic (exact) mass is 288 g/mol. The van der Waals surface area contributed by atoms with Crippen molar-refractivity contribution in [1.82, 2.24) is 5.32 Å². The van der Waals surface area contributed by atoms with Gasteiger partial charge in [0, 0.05) is 6.07 Å². The number of carbonyl (C=O) groups excluding carboxylic acids is 1. The van der Waals surface area contributed by atoms with E-state index in [9.17, 15) is 19.3 Å². The first-order valence-electron chi connectivity index (χ1n) is 5.48. The predicted molar refractivity (Wildman–Crippen MR) is 64.5 cm³/mol. The number of halogens is 1. The normalized spacial score (nSPS) is 11.2. The SMILES string of the molecule is O=C(NC(CO)(CO)CO)c1ccc([N+](=O)[O-])cc1F. The van der Waals surface area contributed by atoms with Crippen LogP contribution in [0.4, 0.5) is 10.1 Å². The van der Waals surface area contributed by atoms with Crippen LogP contribution in [-0.2, 0) is 0 Å². The molecule has 1 rings (SSSR count). The highest BCUT2D eigenvalue weighted by Gasteiger charge is 2.31. The Kier molecular flexibility index (Phi) is 5.08. The molecule has 0 aliphatic heterocycles. The smallest absolute Gasteiger partial charge is 0.272 e. The fourth-order valence-corrected chi connectivity index (χ4v) is 1.38. The Balaban J connectivity index is 3.01. The second kappa shape index (κ2) is 6.37. The molecule has 0 aliphatic rings. The zero-order valence-corrected chi connectivity index (χ0v) is 10.2. The number of amides is 1. The van der Waals surface area contributed by atoms with Gasteiger partial charge < -0.3 is 20.6 Å². The van der Waals surface area contributed by atoms with E-state index in [4.69, 9.17) is 15.3 Å². The topological polar surface area (TPSA) is 133 Å². The van der Waals surface area contributed by atoms with Gasteiger partial charge in [-0.05, 0) is 6.07 Å². The van der Waals surface area contributed by atoms with Crippen molar-refractivity contribution in [3.05, 3.63) is 39.7 Å². The van der Waals surface area contributed by atoms with E-state index in [1.54, 1.807) is 0 Å². The van der Waals surface area contributed by atoms with Gasteiger partial charge in [0.05, 0.1) is 36.4 Å². The molecule has 0 bridgehead atoms. The number of aliphatic hydroxyl groups is 3. The molecule has 1 aromatic rings. The second-order valence-electron chi connectivity index (χ2n) is 4.13. The van der Waals surface area contributed by atoms with Crippen LogP contribution in [-0.4, -0.2) is 51.5 Å². The molecule has 0 heterocycles. The molecule has 20 heavy (non-hydrogen) atoms. The number of rotatable bonds is 6. The molecule has 0 saturated heterocycles. The number of carbonyl (C=O) groups is 1. The van der Waals surface area contributed by atoms with E-state index in [0.717, 1.165) is 12.1 Å². The summed E-state index contributed by atoms with van der Waals surface area (Å²) < 4.78 is 13.6. The van der Waals surface area contributed by atoms with Crippen LogP contribution in [0.1, 0.15) is 10.4 Å². The number of nitro groups is 1. The second-order valence-corrected chi connectivity index (χ2v) is 4.13. The standard InChI is InChI=1S/C11H13FN2O6/c12-9-3-7(14(19)20)1-2-8(9)10(18)13-11(4-15,5-16)6-17/h1-3,15-17H,4-6H2,(H,13,18). The van der Waals surface area contributed by atoms with Crippen molar-refractivity contribution < 1.29 is 29.4 Å². The van der Waals surface area contributed by atoms with Crippen molar-refractivity contribution in [2.45, 2.75) is 5.54 Å². The van der Waals surface area contributed by atoms with Crippen molar-refractivity contribution in [3.8, 4) is 0 Å². The third-order valence-corrected chi connectivity index (χ3v) is 2.69. The molecule has 0 spiro atoms. The quantitative estimate of drug-likeness (QED) is 0.399. The van der Waals surface area contributed by atoms with Gasteiger partial charge in [-0.15, -0.1) is 0 Å². The Morgan fingerprint density at radius 3 is 2.25 bits per heavy atom. The molecule has 110 valence electrons. The zero-order chi connectivity index (χ0) is 15.3. The predicted octanol–water partition coefficient (Wildman–Crippen LogP) is -0.821. The lowest BCUT2D eigenvalue weighted by Crippen LogP contribution is -2.57. The van der Waals surface area contributed by atoms with Crippen LogP contribution in [0.15, 0.2) is 18.2 Å².